The molecular formula is C28H48O5. The lowest BCUT2D eigenvalue weighted by molar-refractivity contribution is -0.263. The molecule has 0 aromatic rings. The number of fused-ring (bicyclic) bond motifs is 5. The van der Waals surface area contributed by atoms with Crippen LogP contribution < -0.4 is 0 Å². The molecule has 0 spiro atoms. The highest BCUT2D eigenvalue weighted by atomic mass is 16.3. The Morgan fingerprint density at radius 2 is 1.58 bits per heavy atom. The molecule has 0 unspecified atom stereocenters. The Morgan fingerprint density at radius 3 is 2.24 bits per heavy atom. The highest BCUT2D eigenvalue weighted by molar-refractivity contribution is 5.20. The van der Waals surface area contributed by atoms with Crippen molar-refractivity contribution in [3.8, 4) is 0 Å². The largest absolute Gasteiger partial charge is 0.396 e. The van der Waals surface area contributed by atoms with E-state index >= 15 is 0 Å². The lowest BCUT2D eigenvalue weighted by Crippen LogP contribution is -2.68. The van der Waals surface area contributed by atoms with Gasteiger partial charge in [-0.15, -0.1) is 0 Å². The van der Waals surface area contributed by atoms with E-state index in [1.54, 1.807) is 0 Å². The van der Waals surface area contributed by atoms with Crippen LogP contribution in [0.15, 0.2) is 12.2 Å². The van der Waals surface area contributed by atoms with Crippen LogP contribution in [0.4, 0.5) is 0 Å². The van der Waals surface area contributed by atoms with Crippen LogP contribution in [0.1, 0.15) is 79.6 Å². The van der Waals surface area contributed by atoms with Crippen LogP contribution in [0.2, 0.25) is 0 Å². The number of aliphatic hydroxyl groups excluding tert-OH is 4. The molecule has 0 saturated heterocycles. The molecule has 5 N–H and O–H groups in total. The molecule has 0 aromatic carbocycles. The second kappa shape index (κ2) is 8.89. The minimum atomic E-state index is -1.07. The quantitative estimate of drug-likeness (QED) is 0.401. The van der Waals surface area contributed by atoms with Gasteiger partial charge in [-0.3, -0.25) is 0 Å². The van der Waals surface area contributed by atoms with Crippen LogP contribution in [-0.4, -0.2) is 56.1 Å². The van der Waals surface area contributed by atoms with Crippen LogP contribution >= 0.6 is 0 Å². The van der Waals surface area contributed by atoms with Crippen LogP contribution in [0.3, 0.4) is 0 Å². The number of aliphatic hydroxyl groups is 5. The molecule has 4 aliphatic carbocycles. The van der Waals surface area contributed by atoms with Gasteiger partial charge in [0.25, 0.3) is 0 Å². The maximum Gasteiger partial charge on any atom is 0.0763 e. The molecule has 33 heavy (non-hydrogen) atoms. The molecule has 0 bridgehead atoms. The van der Waals surface area contributed by atoms with Crippen molar-refractivity contribution < 1.29 is 25.5 Å². The maximum atomic E-state index is 12.3. The van der Waals surface area contributed by atoms with E-state index in [2.05, 4.69) is 46.8 Å². The number of hydrogen-bond donors (Lipinski definition) is 5. The van der Waals surface area contributed by atoms with Gasteiger partial charge in [-0.2, -0.15) is 0 Å². The van der Waals surface area contributed by atoms with E-state index in [-0.39, 0.29) is 59.0 Å². The molecule has 190 valence electrons. The van der Waals surface area contributed by atoms with Gasteiger partial charge in [0, 0.05) is 18.9 Å². The van der Waals surface area contributed by atoms with Gasteiger partial charge in [0.2, 0.25) is 0 Å². The highest BCUT2D eigenvalue weighted by Crippen LogP contribution is 2.69. The zero-order valence-corrected chi connectivity index (χ0v) is 21.3. The minimum absolute atomic E-state index is 0.0158. The molecule has 0 amide bonds. The van der Waals surface area contributed by atoms with Crippen molar-refractivity contribution in [3.05, 3.63) is 12.2 Å². The first-order valence-corrected chi connectivity index (χ1v) is 13.4. The molecule has 4 saturated carbocycles. The van der Waals surface area contributed by atoms with Gasteiger partial charge in [-0.1, -0.05) is 46.8 Å². The first-order valence-electron chi connectivity index (χ1n) is 13.4. The Morgan fingerprint density at radius 1 is 0.909 bits per heavy atom. The Kier molecular flexibility index (Phi) is 6.90. The topological polar surface area (TPSA) is 101 Å². The third-order valence-corrected chi connectivity index (χ3v) is 11.3. The van der Waals surface area contributed by atoms with E-state index in [1.165, 1.54) is 0 Å². The van der Waals surface area contributed by atoms with E-state index in [9.17, 15) is 25.5 Å². The number of rotatable bonds is 5. The molecule has 0 heterocycles. The van der Waals surface area contributed by atoms with Gasteiger partial charge in [0.1, 0.15) is 0 Å². The molecule has 0 aliphatic heterocycles. The Balaban J connectivity index is 1.61. The Bertz CT molecular complexity index is 740. The van der Waals surface area contributed by atoms with Gasteiger partial charge in [0.15, 0.2) is 0 Å². The van der Waals surface area contributed by atoms with Gasteiger partial charge >= 0.3 is 0 Å². The summed E-state index contributed by atoms with van der Waals surface area (Å²) in [5.74, 6) is 0.872. The SMILES string of the molecule is C[C@H](C=C[C@H](C)[C@@H](C)CO)[C@H]1C[C@@H](O)[C@@H]2[C@]1(C)CC[C@@H]1[C@@]3(C)CC[C@H](O)C[C@@H]3[C@@H](O)C[C@]12O. The molecule has 4 rings (SSSR count). The smallest absolute Gasteiger partial charge is 0.0763 e. The summed E-state index contributed by atoms with van der Waals surface area (Å²) in [5, 5.41) is 54.6. The van der Waals surface area contributed by atoms with E-state index in [4.69, 9.17) is 0 Å². The summed E-state index contributed by atoms with van der Waals surface area (Å²) in [6, 6.07) is 0. The van der Waals surface area contributed by atoms with Gasteiger partial charge in [-0.05, 0) is 84.9 Å². The van der Waals surface area contributed by atoms with Crippen LogP contribution in [-0.2, 0) is 0 Å². The Hall–Kier alpha value is -0.460. The molecule has 0 aromatic heterocycles. The van der Waals surface area contributed by atoms with Crippen LogP contribution in [0.5, 0.6) is 0 Å². The van der Waals surface area contributed by atoms with Crippen molar-refractivity contribution in [2.45, 2.75) is 103 Å². The monoisotopic (exact) mass is 464 g/mol. The fraction of sp³-hybridized carbons (Fsp3) is 0.929. The van der Waals surface area contributed by atoms with E-state index in [0.29, 0.717) is 25.2 Å². The van der Waals surface area contributed by atoms with Crippen molar-refractivity contribution in [1.82, 2.24) is 0 Å². The summed E-state index contributed by atoms with van der Waals surface area (Å²) < 4.78 is 0. The van der Waals surface area contributed by atoms with Crippen molar-refractivity contribution in [1.29, 1.82) is 0 Å². The third kappa shape index (κ3) is 3.94. The normalized spacial score (nSPS) is 52.6. The lowest BCUT2D eigenvalue weighted by Gasteiger charge is -2.66. The van der Waals surface area contributed by atoms with Crippen molar-refractivity contribution in [3.63, 3.8) is 0 Å². The number of allylic oxidation sites excluding steroid dienone is 2. The van der Waals surface area contributed by atoms with Gasteiger partial charge in [0.05, 0.1) is 23.9 Å². The summed E-state index contributed by atoms with van der Waals surface area (Å²) >= 11 is 0. The molecule has 13 atom stereocenters. The second-order valence-electron chi connectivity index (χ2n) is 13.1. The fourth-order valence-corrected chi connectivity index (χ4v) is 9.18. The Labute approximate surface area is 200 Å². The third-order valence-electron chi connectivity index (χ3n) is 11.3. The number of hydrogen-bond acceptors (Lipinski definition) is 5. The van der Waals surface area contributed by atoms with Crippen molar-refractivity contribution in [2.24, 2.45) is 52.3 Å². The lowest BCUT2D eigenvalue weighted by atomic mass is 9.42. The summed E-state index contributed by atoms with van der Waals surface area (Å²) in [7, 11) is 0. The molecule has 4 aliphatic rings. The average molecular weight is 465 g/mol. The summed E-state index contributed by atoms with van der Waals surface area (Å²) in [6.45, 7) is 11.1. The van der Waals surface area contributed by atoms with Crippen LogP contribution in [0, 0.1) is 52.3 Å². The predicted molar refractivity (Wildman–Crippen MR) is 129 cm³/mol. The van der Waals surface area contributed by atoms with Gasteiger partial charge in [-0.25, -0.2) is 0 Å². The zero-order chi connectivity index (χ0) is 24.3. The molecule has 4 fully saturated rings. The van der Waals surface area contributed by atoms with E-state index < -0.39 is 17.8 Å². The average Bonchev–Trinajstić information content (AvgIpc) is 3.03. The first kappa shape index (κ1) is 25.6. The highest BCUT2D eigenvalue weighted by Gasteiger charge is 2.70. The predicted octanol–water partition coefficient (Wildman–Crippen LogP) is 3.52. The minimum Gasteiger partial charge on any atom is -0.396 e. The molecule has 5 nitrogen and oxygen atoms in total. The first-order chi connectivity index (χ1) is 15.4. The van der Waals surface area contributed by atoms with E-state index in [1.807, 2.05) is 0 Å². The molecule has 0 radical (unpaired) electrons. The zero-order valence-electron chi connectivity index (χ0n) is 21.3. The van der Waals surface area contributed by atoms with Crippen LogP contribution in [0.25, 0.3) is 0 Å². The summed E-state index contributed by atoms with van der Waals surface area (Å²) in [4.78, 5) is 0. The van der Waals surface area contributed by atoms with E-state index in [0.717, 1.165) is 25.7 Å². The standard InChI is InChI=1S/C28H48O5/c1-16(18(3)15-29)6-7-17(2)20-13-22(31)25-27(20,5)11-9-24-26(4)10-8-19(30)12-21(26)23(32)14-28(24,25)33/h6-7,16-25,29-33H,8-15H2,1-5H3/t16-,17+,18-,19-,20+,21+,22+,23-,24+,25+,26-,27+,28-/m0/s1. The second-order valence-corrected chi connectivity index (χ2v) is 13.1. The summed E-state index contributed by atoms with van der Waals surface area (Å²) in [6.07, 6.45) is 7.95. The molecular weight excluding hydrogens is 416 g/mol. The summed E-state index contributed by atoms with van der Waals surface area (Å²) in [5.41, 5.74) is -1.46. The fourth-order valence-electron chi connectivity index (χ4n) is 9.18. The van der Waals surface area contributed by atoms with Gasteiger partial charge < -0.3 is 25.5 Å². The van der Waals surface area contributed by atoms with Crippen molar-refractivity contribution in [2.75, 3.05) is 6.61 Å². The van der Waals surface area contributed by atoms with Crippen molar-refractivity contribution >= 4 is 0 Å². The molecule has 5 heteroatoms. The maximum absolute atomic E-state index is 12.3.